The van der Waals surface area contributed by atoms with Crippen LogP contribution in [0, 0.1) is 0 Å². The Morgan fingerprint density at radius 2 is 1.24 bits per heavy atom. The smallest absolute Gasteiger partial charge is 0.258 e. The van der Waals surface area contributed by atoms with E-state index in [-0.39, 0.29) is 24.6 Å². The van der Waals surface area contributed by atoms with Gasteiger partial charge in [-0.2, -0.15) is 0 Å². The molecule has 0 radical (unpaired) electrons. The highest BCUT2D eigenvalue weighted by atomic mass is 16.6. The normalized spacial score (nSPS) is 38.1. The van der Waals surface area contributed by atoms with E-state index in [1.165, 1.54) is 11.5 Å². The van der Waals surface area contributed by atoms with Crippen LogP contribution in [0.5, 0.6) is 0 Å². The summed E-state index contributed by atoms with van der Waals surface area (Å²) in [5.74, 6) is -2.68. The van der Waals surface area contributed by atoms with E-state index in [0.29, 0.717) is 58.7 Å². The van der Waals surface area contributed by atoms with Gasteiger partial charge in [-0.3, -0.25) is 24.3 Å². The van der Waals surface area contributed by atoms with Gasteiger partial charge in [0.2, 0.25) is 17.7 Å². The van der Waals surface area contributed by atoms with E-state index in [4.69, 9.17) is 9.47 Å². The SMILES string of the molecule is O=C1CCCCN1C1(N2CCCC2=O)N(O)CC(N2CCCCC2)OC1(N1CCCC1)N1CCOCC1. The summed E-state index contributed by atoms with van der Waals surface area (Å²) in [5, 5.41) is 13.7. The molecular formula is C26H44N6O5. The van der Waals surface area contributed by atoms with Crippen LogP contribution in [0.4, 0.5) is 0 Å². The van der Waals surface area contributed by atoms with Crippen molar-refractivity contribution in [1.82, 2.24) is 29.6 Å². The highest BCUT2D eigenvalue weighted by Gasteiger charge is 2.74. The van der Waals surface area contributed by atoms with Gasteiger partial charge in [-0.05, 0) is 44.9 Å². The number of hydrogen-bond donors (Lipinski definition) is 1. The molecule has 0 aromatic carbocycles. The number of hydroxylamine groups is 2. The summed E-state index contributed by atoms with van der Waals surface area (Å²) in [7, 11) is 0. The molecular weight excluding hydrogens is 476 g/mol. The maximum Gasteiger partial charge on any atom is 0.258 e. The van der Waals surface area contributed by atoms with Crippen LogP contribution in [0.15, 0.2) is 0 Å². The summed E-state index contributed by atoms with van der Waals surface area (Å²) >= 11 is 0. The van der Waals surface area contributed by atoms with Gasteiger partial charge < -0.3 is 24.5 Å². The number of morpholine rings is 2. The number of carbonyl (C=O) groups excluding carboxylic acids is 2. The molecule has 37 heavy (non-hydrogen) atoms. The molecule has 0 aliphatic carbocycles. The second-order valence-electron chi connectivity index (χ2n) is 11.4. The first-order valence-electron chi connectivity index (χ1n) is 14.7. The molecule has 6 fully saturated rings. The maximum atomic E-state index is 13.8. The van der Waals surface area contributed by atoms with E-state index in [1.54, 1.807) is 4.90 Å². The summed E-state index contributed by atoms with van der Waals surface area (Å²) in [6.07, 6.45) is 8.37. The van der Waals surface area contributed by atoms with Crippen molar-refractivity contribution >= 4 is 11.8 Å². The van der Waals surface area contributed by atoms with Gasteiger partial charge in [0.1, 0.15) is 6.23 Å². The lowest BCUT2D eigenvalue weighted by Crippen LogP contribution is -2.92. The Balaban J connectivity index is 1.56. The van der Waals surface area contributed by atoms with E-state index >= 15 is 0 Å². The van der Waals surface area contributed by atoms with Gasteiger partial charge in [0.15, 0.2) is 0 Å². The van der Waals surface area contributed by atoms with Gasteiger partial charge in [-0.25, -0.2) is 0 Å². The standard InChI is InChI=1S/C26H44N6O5/c33-22-9-2-5-15-30(22)25(31-16-8-10-23(31)34)26(28-13-6-7-14-28,29-17-19-36-20-18-29)37-24(21-32(25)35)27-11-3-1-4-12-27/h24,35H,1-21H2. The molecule has 0 aromatic rings. The number of carbonyl (C=O) groups is 2. The van der Waals surface area contributed by atoms with Crippen LogP contribution in [0.25, 0.3) is 0 Å². The van der Waals surface area contributed by atoms with Crippen LogP contribution in [0.1, 0.15) is 64.2 Å². The third-order valence-electron chi connectivity index (χ3n) is 9.35. The average molecular weight is 521 g/mol. The summed E-state index contributed by atoms with van der Waals surface area (Å²) < 4.78 is 13.2. The van der Waals surface area contributed by atoms with Gasteiger partial charge in [0.05, 0.1) is 19.8 Å². The van der Waals surface area contributed by atoms with Crippen molar-refractivity contribution in [3.63, 3.8) is 0 Å². The molecule has 1 N–H and O–H groups in total. The van der Waals surface area contributed by atoms with E-state index in [2.05, 4.69) is 14.7 Å². The number of amides is 2. The molecule has 0 bridgehead atoms. The van der Waals surface area contributed by atoms with Gasteiger partial charge in [0, 0.05) is 65.2 Å². The minimum atomic E-state index is -1.45. The summed E-state index contributed by atoms with van der Waals surface area (Å²) in [6.45, 7) is 7.00. The molecule has 6 rings (SSSR count). The lowest BCUT2D eigenvalue weighted by molar-refractivity contribution is -0.468. The minimum Gasteiger partial charge on any atom is -0.379 e. The van der Waals surface area contributed by atoms with Gasteiger partial charge >= 0.3 is 0 Å². The average Bonchev–Trinajstić information content (AvgIpc) is 3.63. The van der Waals surface area contributed by atoms with Crippen molar-refractivity contribution in [1.29, 1.82) is 0 Å². The van der Waals surface area contributed by atoms with Crippen molar-refractivity contribution in [2.45, 2.75) is 82.1 Å². The Labute approximate surface area is 220 Å². The number of hydrogen-bond acceptors (Lipinski definition) is 9. The highest BCUT2D eigenvalue weighted by Crippen LogP contribution is 2.50. The van der Waals surface area contributed by atoms with Gasteiger partial charge in [-0.1, -0.05) is 6.42 Å². The Bertz CT molecular complexity index is 845. The molecule has 3 unspecified atom stereocenters. The lowest BCUT2D eigenvalue weighted by Gasteiger charge is -2.69. The third-order valence-corrected chi connectivity index (χ3v) is 9.35. The van der Waals surface area contributed by atoms with E-state index < -0.39 is 11.6 Å². The molecule has 11 heteroatoms. The van der Waals surface area contributed by atoms with E-state index in [0.717, 1.165) is 64.7 Å². The minimum absolute atomic E-state index is 0.0122. The van der Waals surface area contributed by atoms with Gasteiger partial charge in [-0.15, -0.1) is 5.06 Å². The number of nitrogens with zero attached hydrogens (tertiary/aromatic N) is 6. The highest BCUT2D eigenvalue weighted by molar-refractivity contribution is 5.82. The number of piperidine rings is 2. The van der Waals surface area contributed by atoms with Crippen LogP contribution in [-0.2, 0) is 19.1 Å². The van der Waals surface area contributed by atoms with Gasteiger partial charge in [0.25, 0.3) is 5.79 Å². The summed E-state index contributed by atoms with van der Waals surface area (Å²) in [6, 6.07) is 0. The molecule has 11 nitrogen and oxygen atoms in total. The second-order valence-corrected chi connectivity index (χ2v) is 11.4. The van der Waals surface area contributed by atoms with Crippen LogP contribution >= 0.6 is 0 Å². The molecule has 0 saturated carbocycles. The second kappa shape index (κ2) is 10.7. The first-order chi connectivity index (χ1) is 18.1. The zero-order chi connectivity index (χ0) is 25.5. The molecule has 6 heterocycles. The molecule has 0 spiro atoms. The number of likely N-dealkylation sites (tertiary alicyclic amines) is 4. The Morgan fingerprint density at radius 1 is 0.676 bits per heavy atom. The van der Waals surface area contributed by atoms with E-state index in [9.17, 15) is 14.8 Å². The van der Waals surface area contributed by atoms with E-state index in [1.807, 2.05) is 4.90 Å². The van der Waals surface area contributed by atoms with Crippen molar-refractivity contribution in [2.24, 2.45) is 0 Å². The molecule has 6 aliphatic heterocycles. The van der Waals surface area contributed by atoms with Crippen molar-refractivity contribution < 1.29 is 24.3 Å². The van der Waals surface area contributed by atoms with Crippen molar-refractivity contribution in [3.05, 3.63) is 0 Å². The number of rotatable bonds is 5. The molecule has 208 valence electrons. The fraction of sp³-hybridized carbons (Fsp3) is 0.923. The molecule has 0 aromatic heterocycles. The Morgan fingerprint density at radius 3 is 1.89 bits per heavy atom. The predicted molar refractivity (Wildman–Crippen MR) is 134 cm³/mol. The topological polar surface area (TPSA) is 92.3 Å². The van der Waals surface area contributed by atoms with Crippen LogP contribution < -0.4 is 0 Å². The fourth-order valence-electron chi connectivity index (χ4n) is 7.70. The predicted octanol–water partition coefficient (Wildman–Crippen LogP) is 0.890. The van der Waals surface area contributed by atoms with Crippen molar-refractivity contribution in [3.8, 4) is 0 Å². The number of ether oxygens (including phenoxy) is 2. The quantitative estimate of drug-likeness (QED) is 0.567. The third kappa shape index (κ3) is 4.13. The maximum absolute atomic E-state index is 13.8. The first kappa shape index (κ1) is 25.9. The summed E-state index contributed by atoms with van der Waals surface area (Å²) in [5.41, 5.74) is 0. The zero-order valence-electron chi connectivity index (χ0n) is 22.2. The zero-order valence-corrected chi connectivity index (χ0v) is 22.2. The fourth-order valence-corrected chi connectivity index (χ4v) is 7.70. The Kier molecular flexibility index (Phi) is 7.47. The largest absolute Gasteiger partial charge is 0.379 e. The van der Waals surface area contributed by atoms with Crippen LogP contribution in [0.3, 0.4) is 0 Å². The Hall–Kier alpha value is -1.34. The van der Waals surface area contributed by atoms with Crippen LogP contribution in [-0.4, -0.2) is 137 Å². The molecule has 3 atom stereocenters. The summed E-state index contributed by atoms with van der Waals surface area (Å²) in [4.78, 5) is 38.1. The first-order valence-corrected chi connectivity index (χ1v) is 14.7. The lowest BCUT2D eigenvalue weighted by atomic mass is 9.96. The van der Waals surface area contributed by atoms with Crippen LogP contribution in [0.2, 0.25) is 0 Å². The van der Waals surface area contributed by atoms with Crippen molar-refractivity contribution in [2.75, 3.05) is 72.1 Å². The monoisotopic (exact) mass is 520 g/mol. The molecule has 2 amide bonds. The molecule has 6 aliphatic rings. The molecule has 6 saturated heterocycles.